The van der Waals surface area contributed by atoms with E-state index in [9.17, 15) is 4.79 Å². The van der Waals surface area contributed by atoms with Crippen LogP contribution in [-0.2, 0) is 9.53 Å². The Morgan fingerprint density at radius 1 is 1.50 bits per heavy atom. The summed E-state index contributed by atoms with van der Waals surface area (Å²) in [5, 5.41) is 9.61. The fourth-order valence-electron chi connectivity index (χ4n) is 1.28. The Hall–Kier alpha value is -1.36. The monoisotopic (exact) mass is 225 g/mol. The molecule has 0 spiro atoms. The minimum absolute atomic E-state index is 0.0192. The van der Waals surface area contributed by atoms with Gasteiger partial charge < -0.3 is 10.1 Å². The number of carbonyl (C=O) groups excluding carboxylic acids is 1. The number of carbonyl (C=O) groups is 1. The minimum Gasteiger partial charge on any atom is -0.382 e. The molecule has 1 rings (SSSR count). The number of H-pyrrole nitrogens is 1. The van der Waals surface area contributed by atoms with Crippen molar-refractivity contribution in [1.29, 1.82) is 0 Å². The Balaban J connectivity index is 2.31. The van der Waals surface area contributed by atoms with Crippen molar-refractivity contribution >= 4 is 11.7 Å². The van der Waals surface area contributed by atoms with Gasteiger partial charge in [-0.3, -0.25) is 9.89 Å². The molecule has 0 aliphatic carbocycles. The van der Waals surface area contributed by atoms with E-state index in [2.05, 4.69) is 15.5 Å². The summed E-state index contributed by atoms with van der Waals surface area (Å²) in [5.41, 5.74) is 1.96. The summed E-state index contributed by atoms with van der Waals surface area (Å²) < 4.78 is 5.16. The van der Waals surface area contributed by atoms with E-state index in [0.29, 0.717) is 25.5 Å². The number of aromatic nitrogens is 2. The molecule has 1 aromatic rings. The molecule has 1 heterocycles. The highest BCUT2D eigenvalue weighted by atomic mass is 16.5. The molecule has 5 heteroatoms. The molecule has 0 atom stereocenters. The first-order chi connectivity index (χ1) is 7.65. The van der Waals surface area contributed by atoms with Crippen molar-refractivity contribution in [3.63, 3.8) is 0 Å². The Kier molecular flexibility index (Phi) is 4.98. The number of hydrogen-bond acceptors (Lipinski definition) is 3. The van der Waals surface area contributed by atoms with Gasteiger partial charge in [0.05, 0.1) is 0 Å². The lowest BCUT2D eigenvalue weighted by Gasteiger charge is -2.03. The molecule has 5 nitrogen and oxygen atoms in total. The van der Waals surface area contributed by atoms with Gasteiger partial charge in [0.1, 0.15) is 0 Å². The molecule has 16 heavy (non-hydrogen) atoms. The molecular formula is C11H19N3O2. The SMILES string of the molecule is CCOCCCC(=O)Nc1n[nH]c(C)c1C. The van der Waals surface area contributed by atoms with E-state index in [4.69, 9.17) is 4.74 Å². The van der Waals surface area contributed by atoms with E-state index < -0.39 is 0 Å². The normalized spacial score (nSPS) is 10.4. The maximum Gasteiger partial charge on any atom is 0.225 e. The Morgan fingerprint density at radius 3 is 2.81 bits per heavy atom. The zero-order valence-corrected chi connectivity index (χ0v) is 10.1. The minimum atomic E-state index is -0.0192. The molecule has 0 saturated carbocycles. The first-order valence-electron chi connectivity index (χ1n) is 5.54. The summed E-state index contributed by atoms with van der Waals surface area (Å²) in [4.78, 5) is 11.5. The number of rotatable bonds is 6. The third-order valence-electron chi connectivity index (χ3n) is 2.41. The van der Waals surface area contributed by atoms with Crippen molar-refractivity contribution in [1.82, 2.24) is 10.2 Å². The molecule has 90 valence electrons. The van der Waals surface area contributed by atoms with Crippen molar-refractivity contribution in [2.45, 2.75) is 33.6 Å². The summed E-state index contributed by atoms with van der Waals surface area (Å²) in [6, 6.07) is 0. The maximum absolute atomic E-state index is 11.5. The van der Waals surface area contributed by atoms with E-state index in [0.717, 1.165) is 17.7 Å². The van der Waals surface area contributed by atoms with E-state index in [1.54, 1.807) is 0 Å². The van der Waals surface area contributed by atoms with Crippen LogP contribution < -0.4 is 5.32 Å². The second-order valence-electron chi connectivity index (χ2n) is 3.67. The van der Waals surface area contributed by atoms with Crippen molar-refractivity contribution in [3.8, 4) is 0 Å². The van der Waals surface area contributed by atoms with E-state index in [1.165, 1.54) is 0 Å². The second-order valence-corrected chi connectivity index (χ2v) is 3.67. The third kappa shape index (κ3) is 3.66. The Bertz CT molecular complexity index is 347. The predicted molar refractivity (Wildman–Crippen MR) is 62.4 cm³/mol. The topological polar surface area (TPSA) is 67.0 Å². The van der Waals surface area contributed by atoms with Crippen LogP contribution in [0.1, 0.15) is 31.0 Å². The quantitative estimate of drug-likeness (QED) is 0.725. The molecule has 0 aliphatic rings. The van der Waals surface area contributed by atoms with Gasteiger partial charge in [-0.15, -0.1) is 0 Å². The van der Waals surface area contributed by atoms with Crippen molar-refractivity contribution in [2.24, 2.45) is 0 Å². The smallest absolute Gasteiger partial charge is 0.225 e. The van der Waals surface area contributed by atoms with Gasteiger partial charge in [-0.25, -0.2) is 0 Å². The highest BCUT2D eigenvalue weighted by molar-refractivity contribution is 5.90. The van der Waals surface area contributed by atoms with E-state index in [-0.39, 0.29) is 5.91 Å². The number of nitrogens with zero attached hydrogens (tertiary/aromatic N) is 1. The number of amides is 1. The molecule has 1 amide bonds. The number of aromatic amines is 1. The van der Waals surface area contributed by atoms with Gasteiger partial charge in [0.15, 0.2) is 5.82 Å². The first-order valence-corrected chi connectivity index (χ1v) is 5.54. The zero-order valence-electron chi connectivity index (χ0n) is 10.1. The lowest BCUT2D eigenvalue weighted by atomic mass is 10.2. The maximum atomic E-state index is 11.5. The fourth-order valence-corrected chi connectivity index (χ4v) is 1.28. The number of anilines is 1. The summed E-state index contributed by atoms with van der Waals surface area (Å²) >= 11 is 0. The summed E-state index contributed by atoms with van der Waals surface area (Å²) in [5.74, 6) is 0.605. The Labute approximate surface area is 95.6 Å². The lowest BCUT2D eigenvalue weighted by Crippen LogP contribution is -2.13. The third-order valence-corrected chi connectivity index (χ3v) is 2.41. The van der Waals surface area contributed by atoms with Gasteiger partial charge in [0, 0.05) is 30.9 Å². The van der Waals surface area contributed by atoms with Crippen molar-refractivity contribution in [3.05, 3.63) is 11.3 Å². The van der Waals surface area contributed by atoms with Gasteiger partial charge in [0.2, 0.25) is 5.91 Å². The van der Waals surface area contributed by atoms with Crippen molar-refractivity contribution in [2.75, 3.05) is 18.5 Å². The van der Waals surface area contributed by atoms with Crippen LogP contribution in [0.5, 0.6) is 0 Å². The van der Waals surface area contributed by atoms with Gasteiger partial charge in [0.25, 0.3) is 0 Å². The van der Waals surface area contributed by atoms with Crippen LogP contribution in [0.25, 0.3) is 0 Å². The number of ether oxygens (including phenoxy) is 1. The van der Waals surface area contributed by atoms with Gasteiger partial charge in [-0.05, 0) is 27.2 Å². The standard InChI is InChI=1S/C11H19N3O2/c1-4-16-7-5-6-10(15)12-11-8(2)9(3)13-14-11/h4-7H2,1-3H3,(H2,12,13,14,15). The average Bonchev–Trinajstić information content (AvgIpc) is 2.56. The molecule has 0 aliphatic heterocycles. The highest BCUT2D eigenvalue weighted by Crippen LogP contribution is 2.13. The molecule has 1 aromatic heterocycles. The average molecular weight is 225 g/mol. The van der Waals surface area contributed by atoms with Crippen LogP contribution in [0.2, 0.25) is 0 Å². The zero-order chi connectivity index (χ0) is 12.0. The number of hydrogen-bond donors (Lipinski definition) is 2. The largest absolute Gasteiger partial charge is 0.382 e. The van der Waals surface area contributed by atoms with Crippen LogP contribution in [0.3, 0.4) is 0 Å². The van der Waals surface area contributed by atoms with Crippen LogP contribution >= 0.6 is 0 Å². The summed E-state index contributed by atoms with van der Waals surface area (Å²) in [7, 11) is 0. The fraction of sp³-hybridized carbons (Fsp3) is 0.636. The summed E-state index contributed by atoms with van der Waals surface area (Å²) in [6.45, 7) is 7.11. The molecule has 0 bridgehead atoms. The number of nitrogens with one attached hydrogen (secondary N) is 2. The molecule has 0 aromatic carbocycles. The molecule has 0 radical (unpaired) electrons. The first kappa shape index (κ1) is 12.7. The van der Waals surface area contributed by atoms with Crippen LogP contribution in [-0.4, -0.2) is 29.3 Å². The molecular weight excluding hydrogens is 206 g/mol. The van der Waals surface area contributed by atoms with E-state index in [1.807, 2.05) is 20.8 Å². The van der Waals surface area contributed by atoms with Gasteiger partial charge >= 0.3 is 0 Å². The van der Waals surface area contributed by atoms with Crippen LogP contribution in [0, 0.1) is 13.8 Å². The van der Waals surface area contributed by atoms with E-state index >= 15 is 0 Å². The van der Waals surface area contributed by atoms with Gasteiger partial charge in [-0.1, -0.05) is 0 Å². The second kappa shape index (κ2) is 6.27. The van der Waals surface area contributed by atoms with Gasteiger partial charge in [-0.2, -0.15) is 5.10 Å². The molecule has 0 saturated heterocycles. The van der Waals surface area contributed by atoms with Crippen LogP contribution in [0.15, 0.2) is 0 Å². The van der Waals surface area contributed by atoms with Crippen LogP contribution in [0.4, 0.5) is 5.82 Å². The molecule has 0 fully saturated rings. The predicted octanol–water partition coefficient (Wildman–Crippen LogP) is 1.78. The molecule has 2 N–H and O–H groups in total. The Morgan fingerprint density at radius 2 is 2.25 bits per heavy atom. The lowest BCUT2D eigenvalue weighted by molar-refractivity contribution is -0.116. The summed E-state index contributed by atoms with van der Waals surface area (Å²) in [6.07, 6.45) is 1.20. The number of aryl methyl sites for hydroxylation is 1. The molecule has 0 unspecified atom stereocenters. The highest BCUT2D eigenvalue weighted by Gasteiger charge is 2.08. The van der Waals surface area contributed by atoms with Crippen molar-refractivity contribution < 1.29 is 9.53 Å².